The number of likely N-dealkylation sites (tertiary alicyclic amines) is 1. The Kier molecular flexibility index (Phi) is 7.74. The number of aromatic amines is 1. The summed E-state index contributed by atoms with van der Waals surface area (Å²) in [4.78, 5) is 6.94. The average Bonchev–Trinajstić information content (AvgIpc) is 3.30. The zero-order valence-corrected chi connectivity index (χ0v) is 20.3. The Morgan fingerprint density at radius 1 is 1.08 bits per heavy atom. The number of alkyl halides is 3. The number of nitrogens with one attached hydrogen (secondary N) is 2. The molecule has 0 spiro atoms. The quantitative estimate of drug-likeness (QED) is 0.341. The van der Waals surface area contributed by atoms with Crippen molar-refractivity contribution in [2.75, 3.05) is 13.1 Å². The number of H-pyrrole nitrogens is 1. The third-order valence-electron chi connectivity index (χ3n) is 6.27. The minimum absolute atomic E-state index is 0.451. The van der Waals surface area contributed by atoms with Crippen molar-refractivity contribution in [1.29, 1.82) is 0 Å². The number of aromatic nitrogens is 3. The number of hydrogen-bond acceptors (Lipinski definition) is 4. The first kappa shape index (κ1) is 25.4. The third kappa shape index (κ3) is 6.12. The predicted octanol–water partition coefficient (Wildman–Crippen LogP) is 6.75. The number of fused-ring (bicyclic) bond motifs is 1. The maximum Gasteiger partial charge on any atom is 0.415 e. The molecule has 3 heterocycles. The summed E-state index contributed by atoms with van der Waals surface area (Å²) in [5.41, 5.74) is 4.60. The number of hydrogen-bond donors (Lipinski definition) is 2. The number of benzene rings is 1. The molecule has 0 unspecified atom stereocenters. The molecule has 1 saturated heterocycles. The lowest BCUT2D eigenvalue weighted by atomic mass is 10.0. The van der Waals surface area contributed by atoms with E-state index in [4.69, 9.17) is 0 Å². The van der Waals surface area contributed by atoms with E-state index in [9.17, 15) is 13.2 Å². The molecule has 1 fully saturated rings. The molecule has 5 nitrogen and oxygen atoms in total. The Morgan fingerprint density at radius 3 is 2.58 bits per heavy atom. The number of pyridine rings is 1. The number of rotatable bonds is 8. The van der Waals surface area contributed by atoms with Crippen molar-refractivity contribution < 1.29 is 13.2 Å². The van der Waals surface area contributed by atoms with Crippen LogP contribution in [0.2, 0.25) is 0 Å². The fourth-order valence-electron chi connectivity index (χ4n) is 4.26. The van der Waals surface area contributed by atoms with Gasteiger partial charge in [0, 0.05) is 41.2 Å². The van der Waals surface area contributed by atoms with Crippen molar-refractivity contribution >= 4 is 16.6 Å². The monoisotopic (exact) mass is 493 g/mol. The maximum atomic E-state index is 12.8. The molecular weight excluding hydrogens is 463 g/mol. The Labute approximate surface area is 209 Å². The fourth-order valence-corrected chi connectivity index (χ4v) is 4.26. The van der Waals surface area contributed by atoms with E-state index >= 15 is 0 Å². The van der Waals surface area contributed by atoms with Gasteiger partial charge in [0.25, 0.3) is 0 Å². The molecule has 0 bridgehead atoms. The van der Waals surface area contributed by atoms with Crippen LogP contribution in [0.4, 0.5) is 13.2 Å². The first-order chi connectivity index (χ1) is 17.2. The summed E-state index contributed by atoms with van der Waals surface area (Å²) in [6.07, 6.45) is 7.00. The molecule has 0 aliphatic carbocycles. The highest BCUT2D eigenvalue weighted by Gasteiger charge is 2.29. The Bertz CT molecular complexity index is 1310. The Balaban J connectivity index is 1.54. The van der Waals surface area contributed by atoms with Gasteiger partial charge in [0.05, 0.1) is 11.2 Å². The zero-order valence-electron chi connectivity index (χ0n) is 20.3. The lowest BCUT2D eigenvalue weighted by Gasteiger charge is -2.26. The van der Waals surface area contributed by atoms with Gasteiger partial charge in [0.2, 0.25) is 0 Å². The van der Waals surface area contributed by atoms with Crippen LogP contribution in [-0.2, 0) is 6.54 Å². The van der Waals surface area contributed by atoms with E-state index in [1.807, 2.05) is 30.6 Å². The van der Waals surface area contributed by atoms with E-state index in [1.54, 1.807) is 13.0 Å². The van der Waals surface area contributed by atoms with Crippen LogP contribution in [0.5, 0.6) is 0 Å². The highest BCUT2D eigenvalue weighted by Crippen LogP contribution is 2.29. The maximum absolute atomic E-state index is 12.8. The molecule has 4 rings (SSSR count). The van der Waals surface area contributed by atoms with E-state index in [2.05, 4.69) is 44.6 Å². The van der Waals surface area contributed by atoms with E-state index in [1.165, 1.54) is 30.9 Å². The van der Waals surface area contributed by atoms with Crippen LogP contribution in [0.1, 0.15) is 37.4 Å². The standard InChI is InChI=1S/C28H30F3N5/c1-4-24(10-8-19(2)28(29,30)31)33-20(3)27-25-15-22(9-11-26(25)34-35-27)23-14-21(16-32-17-23)18-36-12-6-5-7-13-36/h4,8-11,14-17,33H,2-3,5-7,12-13,18H2,1H3,(H,34,35)/b10-8-,24-4+. The van der Waals surface area contributed by atoms with Gasteiger partial charge in [-0.25, -0.2) is 0 Å². The van der Waals surface area contributed by atoms with Gasteiger partial charge in [-0.1, -0.05) is 31.7 Å². The molecule has 0 saturated carbocycles. The Morgan fingerprint density at radius 2 is 1.86 bits per heavy atom. The highest BCUT2D eigenvalue weighted by molar-refractivity contribution is 5.92. The minimum Gasteiger partial charge on any atom is -0.354 e. The second-order valence-electron chi connectivity index (χ2n) is 8.96. The molecule has 36 heavy (non-hydrogen) atoms. The van der Waals surface area contributed by atoms with Gasteiger partial charge in [0.1, 0.15) is 5.69 Å². The van der Waals surface area contributed by atoms with Gasteiger partial charge < -0.3 is 5.32 Å². The average molecular weight is 494 g/mol. The molecule has 188 valence electrons. The lowest BCUT2D eigenvalue weighted by Crippen LogP contribution is -2.29. The molecule has 0 amide bonds. The number of halogens is 3. The predicted molar refractivity (Wildman–Crippen MR) is 139 cm³/mol. The van der Waals surface area contributed by atoms with E-state index in [0.717, 1.165) is 47.7 Å². The third-order valence-corrected chi connectivity index (χ3v) is 6.27. The molecule has 1 aliphatic rings. The first-order valence-electron chi connectivity index (χ1n) is 12.0. The molecule has 1 aliphatic heterocycles. The van der Waals surface area contributed by atoms with Crippen LogP contribution in [0, 0.1) is 0 Å². The van der Waals surface area contributed by atoms with Crippen LogP contribution in [0.15, 0.2) is 79.3 Å². The second kappa shape index (κ2) is 11.0. The molecule has 0 radical (unpaired) electrons. The largest absolute Gasteiger partial charge is 0.415 e. The molecule has 2 N–H and O–H groups in total. The van der Waals surface area contributed by atoms with Gasteiger partial charge >= 0.3 is 6.18 Å². The molecule has 2 aromatic heterocycles. The summed E-state index contributed by atoms with van der Waals surface area (Å²) in [6, 6.07) is 8.17. The minimum atomic E-state index is -4.47. The second-order valence-corrected chi connectivity index (χ2v) is 8.96. The van der Waals surface area contributed by atoms with Crippen molar-refractivity contribution in [2.45, 2.75) is 38.9 Å². The van der Waals surface area contributed by atoms with Crippen molar-refractivity contribution in [1.82, 2.24) is 25.4 Å². The highest BCUT2D eigenvalue weighted by atomic mass is 19.4. The van der Waals surface area contributed by atoms with E-state index in [0.29, 0.717) is 17.1 Å². The zero-order chi connectivity index (χ0) is 25.7. The number of allylic oxidation sites excluding steroid dienone is 4. The van der Waals surface area contributed by atoms with Gasteiger partial charge in [0.15, 0.2) is 0 Å². The summed E-state index contributed by atoms with van der Waals surface area (Å²) < 4.78 is 38.3. The molecule has 8 heteroatoms. The SMILES string of the molecule is C=C(NC(/C=C\C(=C)C(F)(F)F)=C/C)c1n[nH]c2ccc(-c3cncc(CN4CCCCC4)c3)cc12. The first-order valence-corrected chi connectivity index (χ1v) is 12.0. The summed E-state index contributed by atoms with van der Waals surface area (Å²) in [5.74, 6) is 0. The topological polar surface area (TPSA) is 56.8 Å². The number of piperidine rings is 1. The Hall–Kier alpha value is -3.65. The van der Waals surface area contributed by atoms with Crippen molar-refractivity contribution in [2.24, 2.45) is 0 Å². The van der Waals surface area contributed by atoms with Crippen molar-refractivity contribution in [3.8, 4) is 11.1 Å². The van der Waals surface area contributed by atoms with Crippen LogP contribution >= 0.6 is 0 Å². The van der Waals surface area contributed by atoms with Gasteiger partial charge in [-0.3, -0.25) is 15.0 Å². The van der Waals surface area contributed by atoms with E-state index < -0.39 is 11.7 Å². The van der Waals surface area contributed by atoms with Crippen LogP contribution in [0.25, 0.3) is 27.7 Å². The summed E-state index contributed by atoms with van der Waals surface area (Å²) in [5, 5.41) is 11.3. The number of nitrogens with zero attached hydrogens (tertiary/aromatic N) is 3. The van der Waals surface area contributed by atoms with Gasteiger partial charge in [-0.05, 0) is 74.3 Å². The van der Waals surface area contributed by atoms with Gasteiger partial charge in [-0.15, -0.1) is 0 Å². The smallest absolute Gasteiger partial charge is 0.354 e. The molecule has 1 aromatic carbocycles. The summed E-state index contributed by atoms with van der Waals surface area (Å²) in [7, 11) is 0. The van der Waals surface area contributed by atoms with E-state index in [-0.39, 0.29) is 0 Å². The normalized spacial score (nSPS) is 15.5. The summed E-state index contributed by atoms with van der Waals surface area (Å²) >= 11 is 0. The van der Waals surface area contributed by atoms with Crippen LogP contribution in [0.3, 0.4) is 0 Å². The molecule has 3 aromatic rings. The van der Waals surface area contributed by atoms with Gasteiger partial charge in [-0.2, -0.15) is 18.3 Å². The summed E-state index contributed by atoms with van der Waals surface area (Å²) in [6.45, 7) is 12.0. The molecule has 0 atom stereocenters. The van der Waals surface area contributed by atoms with Crippen LogP contribution in [-0.4, -0.2) is 39.3 Å². The van der Waals surface area contributed by atoms with Crippen LogP contribution < -0.4 is 5.32 Å². The van der Waals surface area contributed by atoms with Crippen molar-refractivity contribution in [3.63, 3.8) is 0 Å². The van der Waals surface area contributed by atoms with Crippen molar-refractivity contribution in [3.05, 3.63) is 90.6 Å². The lowest BCUT2D eigenvalue weighted by molar-refractivity contribution is -0.0878. The fraction of sp³-hybridized carbons (Fsp3) is 0.286. The molecular formula is C28H30F3N5.